The second-order valence-electron chi connectivity index (χ2n) is 5.66. The fraction of sp³-hybridized carbons (Fsp3) is 0.105. The van der Waals surface area contributed by atoms with Crippen LogP contribution in [-0.4, -0.2) is 27.6 Å². The minimum absolute atomic E-state index is 0.0785. The molecule has 1 aliphatic heterocycles. The normalized spacial score (nSPS) is 13.5. The molecule has 27 heavy (non-hydrogen) atoms. The van der Waals surface area contributed by atoms with Gasteiger partial charge in [-0.3, -0.25) is 19.7 Å². The first-order valence-electron chi connectivity index (χ1n) is 7.98. The maximum Gasteiger partial charge on any atom is 0.355 e. The van der Waals surface area contributed by atoms with Gasteiger partial charge in [0.25, 0.3) is 17.5 Å². The number of nitro benzene ring substituents is 1. The monoisotopic (exact) mass is 366 g/mol. The average Bonchev–Trinajstić information content (AvgIpc) is 2.93. The number of imide groups is 1. The molecule has 2 aromatic rings. The zero-order valence-electron chi connectivity index (χ0n) is 14.2. The molecule has 0 saturated carbocycles. The molecule has 0 aliphatic carbocycles. The maximum atomic E-state index is 12.5. The predicted molar refractivity (Wildman–Crippen MR) is 93.6 cm³/mol. The highest BCUT2D eigenvalue weighted by Crippen LogP contribution is 2.26. The lowest BCUT2D eigenvalue weighted by Crippen LogP contribution is -2.33. The molecule has 0 unspecified atom stereocenters. The predicted octanol–water partition coefficient (Wildman–Crippen LogP) is 2.84. The number of hydrogen-bond acceptors (Lipinski definition) is 6. The Bertz CT molecular complexity index is 943. The molecule has 1 aliphatic rings. The van der Waals surface area contributed by atoms with Crippen molar-refractivity contribution < 1.29 is 24.0 Å². The number of nitro groups is 1. The number of non-ortho nitro benzene ring substituents is 1. The number of amides is 2. The average molecular weight is 366 g/mol. The molecule has 8 nitrogen and oxygen atoms in total. The van der Waals surface area contributed by atoms with Crippen molar-refractivity contribution in [1.29, 1.82) is 0 Å². The van der Waals surface area contributed by atoms with E-state index in [4.69, 9.17) is 4.74 Å². The lowest BCUT2D eigenvalue weighted by molar-refractivity contribution is -0.384. The number of rotatable bonds is 5. The summed E-state index contributed by atoms with van der Waals surface area (Å²) in [5, 5.41) is 10.7. The Morgan fingerprint density at radius 2 is 1.63 bits per heavy atom. The minimum Gasteiger partial charge on any atom is -0.456 e. The summed E-state index contributed by atoms with van der Waals surface area (Å²) >= 11 is 0. The molecule has 136 valence electrons. The Morgan fingerprint density at radius 3 is 2.11 bits per heavy atom. The lowest BCUT2D eigenvalue weighted by atomic mass is 10.1. The van der Waals surface area contributed by atoms with Crippen molar-refractivity contribution in [3.8, 4) is 0 Å². The molecular formula is C19H14N2O6. The van der Waals surface area contributed by atoms with E-state index in [0.29, 0.717) is 5.56 Å². The second-order valence-corrected chi connectivity index (χ2v) is 5.66. The van der Waals surface area contributed by atoms with Gasteiger partial charge in [0.1, 0.15) is 12.3 Å². The molecule has 3 rings (SSSR count). The first-order chi connectivity index (χ1) is 12.9. The van der Waals surface area contributed by atoms with Gasteiger partial charge in [-0.15, -0.1) is 0 Å². The van der Waals surface area contributed by atoms with Crippen LogP contribution in [0, 0.1) is 10.1 Å². The van der Waals surface area contributed by atoms with Gasteiger partial charge in [-0.05, 0) is 36.8 Å². The van der Waals surface area contributed by atoms with E-state index < -0.39 is 22.7 Å². The Morgan fingerprint density at radius 1 is 1.07 bits per heavy atom. The summed E-state index contributed by atoms with van der Waals surface area (Å²) in [6.07, 6.45) is 1.33. The molecule has 2 amide bonds. The van der Waals surface area contributed by atoms with Gasteiger partial charge in [-0.2, -0.15) is 0 Å². The Labute approximate surface area is 153 Å². The van der Waals surface area contributed by atoms with E-state index in [2.05, 4.69) is 0 Å². The molecule has 0 radical (unpaired) electrons. The SMILES string of the molecule is CC=C(C(=O)OCc1ccc([N+](=O)[O-])cc1)N1C(=O)c2ccccc2C1=O. The van der Waals surface area contributed by atoms with Crippen molar-refractivity contribution in [1.82, 2.24) is 4.90 Å². The van der Waals surface area contributed by atoms with Crippen LogP contribution in [0.15, 0.2) is 60.3 Å². The van der Waals surface area contributed by atoms with Gasteiger partial charge in [-0.25, -0.2) is 9.69 Å². The third kappa shape index (κ3) is 3.32. The van der Waals surface area contributed by atoms with E-state index in [9.17, 15) is 24.5 Å². The number of nitrogens with zero attached hydrogens (tertiary/aromatic N) is 2. The molecule has 0 atom stereocenters. The summed E-state index contributed by atoms with van der Waals surface area (Å²) in [5.74, 6) is -2.02. The first kappa shape index (κ1) is 18.0. The fourth-order valence-corrected chi connectivity index (χ4v) is 2.68. The summed E-state index contributed by atoms with van der Waals surface area (Å²) in [4.78, 5) is 48.3. The highest BCUT2D eigenvalue weighted by molar-refractivity contribution is 6.24. The fourth-order valence-electron chi connectivity index (χ4n) is 2.68. The number of benzene rings is 2. The van der Waals surface area contributed by atoms with Crippen LogP contribution in [0.5, 0.6) is 0 Å². The lowest BCUT2D eigenvalue weighted by Gasteiger charge is -2.16. The van der Waals surface area contributed by atoms with Gasteiger partial charge in [-0.1, -0.05) is 18.2 Å². The van der Waals surface area contributed by atoms with Crippen LogP contribution in [0.25, 0.3) is 0 Å². The molecule has 8 heteroatoms. The van der Waals surface area contributed by atoms with Gasteiger partial charge >= 0.3 is 5.97 Å². The van der Waals surface area contributed by atoms with E-state index in [0.717, 1.165) is 4.90 Å². The molecule has 1 heterocycles. The Hall–Kier alpha value is -3.81. The minimum atomic E-state index is -0.842. The molecule has 0 bridgehead atoms. The molecular weight excluding hydrogens is 352 g/mol. The summed E-state index contributed by atoms with van der Waals surface area (Å²) in [6, 6.07) is 11.8. The Kier molecular flexibility index (Phi) is 4.80. The second kappa shape index (κ2) is 7.20. The third-order valence-corrected chi connectivity index (χ3v) is 4.03. The van der Waals surface area contributed by atoms with E-state index in [1.54, 1.807) is 12.1 Å². The van der Waals surface area contributed by atoms with E-state index in [1.165, 1.54) is 49.4 Å². The van der Waals surface area contributed by atoms with Crippen LogP contribution in [0.3, 0.4) is 0 Å². The van der Waals surface area contributed by atoms with Crippen LogP contribution >= 0.6 is 0 Å². The zero-order chi connectivity index (χ0) is 19.6. The molecule has 0 saturated heterocycles. The highest BCUT2D eigenvalue weighted by atomic mass is 16.6. The van der Waals surface area contributed by atoms with Crippen molar-refractivity contribution in [2.75, 3.05) is 0 Å². The van der Waals surface area contributed by atoms with Crippen LogP contribution < -0.4 is 0 Å². The van der Waals surface area contributed by atoms with Gasteiger partial charge in [0.2, 0.25) is 0 Å². The van der Waals surface area contributed by atoms with Crippen molar-refractivity contribution >= 4 is 23.5 Å². The van der Waals surface area contributed by atoms with E-state index >= 15 is 0 Å². The van der Waals surface area contributed by atoms with E-state index in [-0.39, 0.29) is 29.1 Å². The number of fused-ring (bicyclic) bond motifs is 1. The first-order valence-corrected chi connectivity index (χ1v) is 7.98. The van der Waals surface area contributed by atoms with Crippen LogP contribution in [0.4, 0.5) is 5.69 Å². The Balaban J connectivity index is 1.73. The molecule has 0 N–H and O–H groups in total. The number of ether oxygens (including phenoxy) is 1. The summed E-state index contributed by atoms with van der Waals surface area (Å²) in [5.41, 5.74) is 0.732. The van der Waals surface area contributed by atoms with Crippen molar-refractivity contribution in [2.24, 2.45) is 0 Å². The summed E-state index contributed by atoms with van der Waals surface area (Å²) in [6.45, 7) is 1.36. The summed E-state index contributed by atoms with van der Waals surface area (Å²) < 4.78 is 5.17. The van der Waals surface area contributed by atoms with Crippen LogP contribution in [0.2, 0.25) is 0 Å². The molecule has 0 fully saturated rings. The number of carbonyl (C=O) groups excluding carboxylic acids is 3. The molecule has 2 aromatic carbocycles. The van der Waals surface area contributed by atoms with Crippen molar-refractivity contribution in [3.05, 3.63) is 87.1 Å². The smallest absolute Gasteiger partial charge is 0.355 e. The van der Waals surface area contributed by atoms with Gasteiger partial charge < -0.3 is 4.74 Å². The number of allylic oxidation sites excluding steroid dienone is 1. The van der Waals surface area contributed by atoms with Gasteiger partial charge in [0.15, 0.2) is 0 Å². The zero-order valence-corrected chi connectivity index (χ0v) is 14.2. The quantitative estimate of drug-likeness (QED) is 0.265. The topological polar surface area (TPSA) is 107 Å². The number of hydrogen-bond donors (Lipinski definition) is 0. The highest BCUT2D eigenvalue weighted by Gasteiger charge is 2.39. The van der Waals surface area contributed by atoms with Gasteiger partial charge in [0, 0.05) is 12.1 Å². The third-order valence-electron chi connectivity index (χ3n) is 4.03. The molecule has 0 spiro atoms. The van der Waals surface area contributed by atoms with Crippen LogP contribution in [-0.2, 0) is 16.1 Å². The number of carbonyl (C=O) groups is 3. The van der Waals surface area contributed by atoms with Crippen LogP contribution in [0.1, 0.15) is 33.2 Å². The van der Waals surface area contributed by atoms with E-state index in [1.807, 2.05) is 0 Å². The van der Waals surface area contributed by atoms with Crippen molar-refractivity contribution in [2.45, 2.75) is 13.5 Å². The summed E-state index contributed by atoms with van der Waals surface area (Å²) in [7, 11) is 0. The maximum absolute atomic E-state index is 12.5. The molecule has 0 aromatic heterocycles. The van der Waals surface area contributed by atoms with Gasteiger partial charge in [0.05, 0.1) is 16.1 Å². The number of esters is 1. The largest absolute Gasteiger partial charge is 0.456 e. The van der Waals surface area contributed by atoms with Crippen molar-refractivity contribution in [3.63, 3.8) is 0 Å². The standard InChI is InChI=1S/C19H14N2O6/c1-2-16(20-17(22)14-5-3-4-6-15(14)18(20)23)19(24)27-11-12-7-9-13(10-8-12)21(25)26/h2-10H,11H2,1H3.